The molecule has 0 atom stereocenters. The van der Waals surface area contributed by atoms with Gasteiger partial charge in [0.25, 0.3) is 5.95 Å². The van der Waals surface area contributed by atoms with Crippen LogP contribution in [0.1, 0.15) is 5.69 Å². The number of nitrogens with zero attached hydrogens (tertiary/aromatic N) is 5. The van der Waals surface area contributed by atoms with Crippen molar-refractivity contribution in [1.29, 1.82) is 0 Å². The van der Waals surface area contributed by atoms with Crippen LogP contribution in [0.4, 0.5) is 5.95 Å². The molecule has 3 aromatic heterocycles. The zero-order valence-corrected chi connectivity index (χ0v) is 13.0. The molecule has 3 heterocycles. The summed E-state index contributed by atoms with van der Waals surface area (Å²) in [6, 6.07) is 3.72. The number of hydrogen-bond donors (Lipinski definition) is 0. The van der Waals surface area contributed by atoms with Crippen molar-refractivity contribution >= 4 is 26.6 Å². The summed E-state index contributed by atoms with van der Waals surface area (Å²) >= 11 is 0. The quantitative estimate of drug-likeness (QED) is 0.694. The molecule has 106 valence electrons. The van der Waals surface area contributed by atoms with E-state index in [2.05, 4.69) is 24.9 Å². The fourth-order valence-electron chi connectivity index (χ4n) is 1.62. The fraction of sp³-hybridized carbons (Fsp3) is 0.154. The molecule has 3 aromatic rings. The molecule has 0 N–H and O–H groups in total. The van der Waals surface area contributed by atoms with Gasteiger partial charge in [0.05, 0.1) is 23.9 Å². The van der Waals surface area contributed by atoms with Crippen LogP contribution in [0.3, 0.4) is 0 Å². The first-order valence-corrected chi connectivity index (χ1v) is 8.20. The molecule has 6 nitrogen and oxygen atoms in total. The molecule has 8 heteroatoms. The molecule has 0 fully saturated rings. The Morgan fingerprint density at radius 1 is 1.14 bits per heavy atom. The van der Waals surface area contributed by atoms with Crippen LogP contribution < -0.4 is 9.41 Å². The Balaban J connectivity index is 1.98. The highest BCUT2D eigenvalue weighted by Gasteiger charge is 2.04. The lowest BCUT2D eigenvalue weighted by atomic mass is 10.4. The Morgan fingerprint density at radius 2 is 2.05 bits per heavy atom. The topological polar surface area (TPSA) is 73.2 Å². The third-order valence-corrected chi connectivity index (χ3v) is 4.80. The third kappa shape index (κ3) is 3.29. The molecule has 3 rings (SSSR count). The van der Waals surface area contributed by atoms with E-state index in [1.165, 1.54) is 0 Å². The fourth-order valence-corrected chi connectivity index (χ4v) is 3.69. The van der Waals surface area contributed by atoms with Gasteiger partial charge in [-0.2, -0.15) is 9.98 Å². The maximum Gasteiger partial charge on any atom is 0.254 e. The second kappa shape index (κ2) is 6.06. The van der Waals surface area contributed by atoms with E-state index < -0.39 is 0 Å². The van der Waals surface area contributed by atoms with E-state index in [1.807, 2.05) is 13.0 Å². The average molecular weight is 317 g/mol. The maximum absolute atomic E-state index is 5.12. The smallest absolute Gasteiger partial charge is 0.254 e. The molecule has 0 radical (unpaired) electrons. The molecule has 0 saturated heterocycles. The van der Waals surface area contributed by atoms with Crippen molar-refractivity contribution in [2.24, 2.45) is 4.99 Å². The molecule has 0 saturated carbocycles. The van der Waals surface area contributed by atoms with E-state index in [4.69, 9.17) is 4.74 Å². The molecule has 0 spiro atoms. The van der Waals surface area contributed by atoms with Gasteiger partial charge in [-0.05, 0) is 13.0 Å². The molecule has 0 aliphatic heterocycles. The zero-order valence-electron chi connectivity index (χ0n) is 11.3. The van der Waals surface area contributed by atoms with E-state index >= 15 is 0 Å². The van der Waals surface area contributed by atoms with Crippen LogP contribution in [0.25, 0.3) is 10.6 Å². The van der Waals surface area contributed by atoms with E-state index in [0.29, 0.717) is 11.8 Å². The summed E-state index contributed by atoms with van der Waals surface area (Å²) in [7, 11) is 4.71. The zero-order chi connectivity index (χ0) is 14.7. The number of aromatic nitrogens is 4. The van der Waals surface area contributed by atoms with Crippen LogP contribution in [0.5, 0.6) is 5.88 Å². The van der Waals surface area contributed by atoms with Crippen LogP contribution in [-0.4, -0.2) is 27.0 Å². The lowest BCUT2D eigenvalue weighted by Crippen LogP contribution is -1.96. The number of hydrogen-bond acceptors (Lipinski definition) is 8. The van der Waals surface area contributed by atoms with Crippen molar-refractivity contribution in [2.75, 3.05) is 7.11 Å². The summed E-state index contributed by atoms with van der Waals surface area (Å²) in [6.07, 6.45) is 5.05. The molecule has 21 heavy (non-hydrogen) atoms. The van der Waals surface area contributed by atoms with E-state index in [0.717, 1.165) is 20.9 Å². The first kappa shape index (κ1) is 13.8. The molecule has 0 aliphatic carbocycles. The summed E-state index contributed by atoms with van der Waals surface area (Å²) in [6.45, 7) is 1.88. The van der Waals surface area contributed by atoms with Gasteiger partial charge in [-0.25, -0.2) is 4.98 Å². The minimum atomic E-state index is 0.395. The van der Waals surface area contributed by atoms with Crippen LogP contribution in [0.15, 0.2) is 35.7 Å². The van der Waals surface area contributed by atoms with Gasteiger partial charge in [-0.3, -0.25) is 9.97 Å². The summed E-state index contributed by atoms with van der Waals surface area (Å²) in [5, 5.41) is 0. The third-order valence-electron chi connectivity index (χ3n) is 2.53. The van der Waals surface area contributed by atoms with Gasteiger partial charge in [-0.1, -0.05) is 20.7 Å². The van der Waals surface area contributed by atoms with E-state index in [-0.39, 0.29) is 0 Å². The Bertz CT molecular complexity index is 813. The number of ether oxygens (including phenoxy) is 1. The Morgan fingerprint density at radius 3 is 2.81 bits per heavy atom. The molecule has 0 unspecified atom stereocenters. The first-order valence-electron chi connectivity index (χ1n) is 6.05. The van der Waals surface area contributed by atoms with E-state index in [9.17, 15) is 0 Å². The van der Waals surface area contributed by atoms with Crippen molar-refractivity contribution in [3.8, 4) is 16.5 Å². The minimum Gasteiger partial charge on any atom is -0.481 e. The second-order valence-electron chi connectivity index (χ2n) is 4.07. The summed E-state index contributed by atoms with van der Waals surface area (Å²) in [5.74, 6) is 0.905. The Labute approximate surface area is 128 Å². The molecule has 0 aliphatic rings. The highest BCUT2D eigenvalue weighted by Crippen LogP contribution is 2.22. The van der Waals surface area contributed by atoms with Crippen LogP contribution >= 0.6 is 20.7 Å². The normalized spacial score (nSPS) is 11.6. The van der Waals surface area contributed by atoms with Gasteiger partial charge in [0, 0.05) is 24.2 Å². The monoisotopic (exact) mass is 317 g/mol. The van der Waals surface area contributed by atoms with Crippen molar-refractivity contribution in [3.63, 3.8) is 0 Å². The highest BCUT2D eigenvalue weighted by atomic mass is 32.9. The molecule has 0 aromatic carbocycles. The Hall–Kier alpha value is -2.19. The van der Waals surface area contributed by atoms with E-state index in [1.54, 1.807) is 52.4 Å². The Kier molecular flexibility index (Phi) is 3.98. The van der Waals surface area contributed by atoms with Crippen LogP contribution in [0.2, 0.25) is 0 Å². The van der Waals surface area contributed by atoms with Crippen LogP contribution in [-0.2, 0) is 0 Å². The van der Waals surface area contributed by atoms with Gasteiger partial charge in [0.15, 0.2) is 0 Å². The first-order chi connectivity index (χ1) is 10.2. The summed E-state index contributed by atoms with van der Waals surface area (Å²) < 4.78 is 5.95. The average Bonchev–Trinajstić information content (AvgIpc) is 2.96. The highest BCUT2D eigenvalue weighted by molar-refractivity contribution is 7.69. The lowest BCUT2D eigenvalue weighted by molar-refractivity contribution is 0.397. The molecular weight excluding hydrogens is 306 g/mol. The van der Waals surface area contributed by atoms with Gasteiger partial charge in [0.1, 0.15) is 4.67 Å². The predicted octanol–water partition coefficient (Wildman–Crippen LogP) is 2.61. The van der Waals surface area contributed by atoms with Gasteiger partial charge in [-0.15, -0.1) is 0 Å². The molecule has 0 amide bonds. The van der Waals surface area contributed by atoms with Gasteiger partial charge < -0.3 is 4.74 Å². The summed E-state index contributed by atoms with van der Waals surface area (Å²) in [4.78, 5) is 22.3. The largest absolute Gasteiger partial charge is 0.481 e. The summed E-state index contributed by atoms with van der Waals surface area (Å²) in [5.41, 5.74) is 1.65. The number of aryl methyl sites for hydroxylation is 1. The maximum atomic E-state index is 5.12. The van der Waals surface area contributed by atoms with Crippen molar-refractivity contribution in [1.82, 2.24) is 19.9 Å². The predicted molar refractivity (Wildman–Crippen MR) is 81.8 cm³/mol. The lowest BCUT2D eigenvalue weighted by Gasteiger charge is -1.99. The minimum absolute atomic E-state index is 0.395. The SMILES string of the molecule is COc1cc(C)nc(/N=c2\cc(-c3cnccn3)ss2)n1. The van der Waals surface area contributed by atoms with Crippen molar-refractivity contribution in [2.45, 2.75) is 6.92 Å². The molecular formula is C13H11N5OS2. The molecule has 0 bridgehead atoms. The number of rotatable bonds is 3. The standard InChI is InChI=1S/C13H11N5OS2/c1-8-5-11(19-2)17-13(16-8)18-12-6-10(20-21-12)9-7-14-3-4-15-9/h3-7H,1-2H3/b18-12+. The van der Waals surface area contributed by atoms with Gasteiger partial charge >= 0.3 is 0 Å². The van der Waals surface area contributed by atoms with Crippen LogP contribution in [0, 0.1) is 6.92 Å². The van der Waals surface area contributed by atoms with Crippen molar-refractivity contribution in [3.05, 3.63) is 41.1 Å². The number of methoxy groups -OCH3 is 1. The second-order valence-corrected chi connectivity index (χ2v) is 6.26. The van der Waals surface area contributed by atoms with Crippen molar-refractivity contribution < 1.29 is 4.74 Å². The van der Waals surface area contributed by atoms with Gasteiger partial charge in [0.2, 0.25) is 5.88 Å².